The Morgan fingerprint density at radius 3 is 2.23 bits per heavy atom. The van der Waals surface area contributed by atoms with E-state index in [0.717, 1.165) is 16.9 Å². The molecular weight excluding hydrogens is 335 g/mol. The normalized spacial score (nSPS) is 10.3. The fourth-order valence-electron chi connectivity index (χ4n) is 2.48. The van der Waals surface area contributed by atoms with Crippen molar-refractivity contribution in [2.45, 2.75) is 19.9 Å². The first-order chi connectivity index (χ1) is 12.5. The van der Waals surface area contributed by atoms with E-state index in [2.05, 4.69) is 5.32 Å². The molecule has 0 radical (unpaired) electrons. The minimum absolute atomic E-state index is 0.0984. The highest BCUT2D eigenvalue weighted by molar-refractivity contribution is 5.78. The summed E-state index contributed by atoms with van der Waals surface area (Å²) < 4.78 is 18.0. The largest absolute Gasteiger partial charge is 0.497 e. The van der Waals surface area contributed by atoms with Crippen LogP contribution in [0.5, 0.6) is 5.75 Å². The molecule has 0 bridgehead atoms. The quantitative estimate of drug-likeness (QED) is 0.789. The van der Waals surface area contributed by atoms with Crippen LogP contribution in [0.25, 0.3) is 0 Å². The van der Waals surface area contributed by atoms with E-state index in [1.54, 1.807) is 24.1 Å². The molecule has 5 nitrogen and oxygen atoms in total. The summed E-state index contributed by atoms with van der Waals surface area (Å²) in [4.78, 5) is 25.4. The Balaban J connectivity index is 1.80. The van der Waals surface area contributed by atoms with E-state index in [-0.39, 0.29) is 24.1 Å². The molecular formula is C20H23FN2O3. The van der Waals surface area contributed by atoms with Crippen LogP contribution in [0.2, 0.25) is 0 Å². The molecule has 1 N–H and O–H groups in total. The van der Waals surface area contributed by atoms with E-state index in [4.69, 9.17) is 4.74 Å². The fraction of sp³-hybridized carbons (Fsp3) is 0.300. The lowest BCUT2D eigenvalue weighted by molar-refractivity contribution is -0.130. The van der Waals surface area contributed by atoms with Gasteiger partial charge in [0, 0.05) is 26.6 Å². The summed E-state index contributed by atoms with van der Waals surface area (Å²) in [5.74, 6) is 0.222. The molecule has 6 heteroatoms. The van der Waals surface area contributed by atoms with E-state index >= 15 is 0 Å². The van der Waals surface area contributed by atoms with Gasteiger partial charge in [-0.25, -0.2) is 4.39 Å². The predicted octanol–water partition coefficient (Wildman–Crippen LogP) is 2.54. The van der Waals surface area contributed by atoms with Gasteiger partial charge in [-0.05, 0) is 35.4 Å². The summed E-state index contributed by atoms with van der Waals surface area (Å²) in [5, 5.41) is 2.82. The van der Waals surface area contributed by atoms with E-state index in [0.29, 0.717) is 19.6 Å². The molecule has 0 aromatic heterocycles. The van der Waals surface area contributed by atoms with Gasteiger partial charge in [-0.2, -0.15) is 0 Å². The second kappa shape index (κ2) is 9.56. The van der Waals surface area contributed by atoms with Crippen molar-refractivity contribution in [2.75, 3.05) is 20.2 Å². The number of carbonyl (C=O) groups excluding carboxylic acids is 2. The molecule has 0 aliphatic rings. The van der Waals surface area contributed by atoms with Gasteiger partial charge in [0.05, 0.1) is 13.5 Å². The highest BCUT2D eigenvalue weighted by atomic mass is 19.1. The molecule has 2 rings (SSSR count). The maximum absolute atomic E-state index is 13.0. The lowest BCUT2D eigenvalue weighted by Gasteiger charge is -2.21. The molecule has 26 heavy (non-hydrogen) atoms. The maximum atomic E-state index is 13.0. The Kier molecular flexibility index (Phi) is 7.14. The first kappa shape index (κ1) is 19.4. The summed E-state index contributed by atoms with van der Waals surface area (Å²) in [7, 11) is 1.59. The molecule has 0 spiro atoms. The Morgan fingerprint density at radius 1 is 1.04 bits per heavy atom. The van der Waals surface area contributed by atoms with Gasteiger partial charge >= 0.3 is 0 Å². The number of amides is 2. The Hall–Kier alpha value is -2.89. The number of nitrogens with one attached hydrogen (secondary N) is 1. The number of carbonyl (C=O) groups is 2. The lowest BCUT2D eigenvalue weighted by atomic mass is 10.1. The van der Waals surface area contributed by atoms with Gasteiger partial charge in [-0.15, -0.1) is 0 Å². The zero-order valence-electron chi connectivity index (χ0n) is 15.0. The number of methoxy groups -OCH3 is 1. The predicted molar refractivity (Wildman–Crippen MR) is 97.2 cm³/mol. The minimum atomic E-state index is -0.311. The summed E-state index contributed by atoms with van der Waals surface area (Å²) in [6.07, 6.45) is 0.266. The van der Waals surface area contributed by atoms with Crippen LogP contribution in [-0.4, -0.2) is 36.9 Å². The SMILES string of the molecule is COc1ccc(CC(=O)NCCN(Cc2ccc(F)cc2)C(C)=O)cc1. The van der Waals surface area contributed by atoms with Crippen molar-refractivity contribution in [2.24, 2.45) is 0 Å². The zero-order valence-corrected chi connectivity index (χ0v) is 15.0. The third-order valence-electron chi connectivity index (χ3n) is 3.96. The fourth-order valence-corrected chi connectivity index (χ4v) is 2.48. The molecule has 0 aliphatic carbocycles. The van der Waals surface area contributed by atoms with Gasteiger partial charge in [-0.1, -0.05) is 24.3 Å². The van der Waals surface area contributed by atoms with Crippen molar-refractivity contribution in [3.63, 3.8) is 0 Å². The second-order valence-electron chi connectivity index (χ2n) is 5.94. The average molecular weight is 358 g/mol. The molecule has 0 aliphatic heterocycles. The van der Waals surface area contributed by atoms with Crippen LogP contribution >= 0.6 is 0 Å². The van der Waals surface area contributed by atoms with Gasteiger partial charge in [0.2, 0.25) is 11.8 Å². The molecule has 0 unspecified atom stereocenters. The molecule has 0 atom stereocenters. The van der Waals surface area contributed by atoms with E-state index in [1.165, 1.54) is 19.1 Å². The zero-order chi connectivity index (χ0) is 18.9. The van der Waals surface area contributed by atoms with Gasteiger partial charge in [-0.3, -0.25) is 9.59 Å². The van der Waals surface area contributed by atoms with E-state index in [1.807, 2.05) is 24.3 Å². The van der Waals surface area contributed by atoms with Crippen LogP contribution in [0, 0.1) is 5.82 Å². The molecule has 0 fully saturated rings. The van der Waals surface area contributed by atoms with Crippen molar-refractivity contribution in [1.29, 1.82) is 0 Å². The topological polar surface area (TPSA) is 58.6 Å². The second-order valence-corrected chi connectivity index (χ2v) is 5.94. The van der Waals surface area contributed by atoms with Gasteiger partial charge in [0.1, 0.15) is 11.6 Å². The highest BCUT2D eigenvalue weighted by Crippen LogP contribution is 2.11. The Labute approximate surface area is 152 Å². The lowest BCUT2D eigenvalue weighted by Crippen LogP contribution is -2.37. The third-order valence-corrected chi connectivity index (χ3v) is 3.96. The van der Waals surface area contributed by atoms with Crippen LogP contribution in [0.3, 0.4) is 0 Å². The molecule has 2 amide bonds. The van der Waals surface area contributed by atoms with Crippen molar-refractivity contribution < 1.29 is 18.7 Å². The highest BCUT2D eigenvalue weighted by Gasteiger charge is 2.10. The summed E-state index contributed by atoms with van der Waals surface area (Å²) in [6, 6.07) is 13.3. The number of hydrogen-bond donors (Lipinski definition) is 1. The number of nitrogens with zero attached hydrogens (tertiary/aromatic N) is 1. The molecule has 2 aromatic rings. The minimum Gasteiger partial charge on any atom is -0.497 e. The standard InChI is InChI=1S/C20H23FN2O3/c1-15(24)23(14-17-3-7-18(21)8-4-17)12-11-22-20(25)13-16-5-9-19(26-2)10-6-16/h3-10H,11-14H2,1-2H3,(H,22,25). The van der Waals surface area contributed by atoms with Crippen molar-refractivity contribution >= 4 is 11.8 Å². The molecule has 138 valence electrons. The smallest absolute Gasteiger partial charge is 0.224 e. The Bertz CT molecular complexity index is 730. The number of benzene rings is 2. The first-order valence-electron chi connectivity index (χ1n) is 8.37. The first-order valence-corrected chi connectivity index (χ1v) is 8.37. The van der Waals surface area contributed by atoms with Crippen molar-refractivity contribution in [3.05, 3.63) is 65.5 Å². The van der Waals surface area contributed by atoms with Gasteiger partial charge in [0.25, 0.3) is 0 Å². The van der Waals surface area contributed by atoms with Crippen LogP contribution in [0.1, 0.15) is 18.1 Å². The third kappa shape index (κ3) is 6.20. The summed E-state index contributed by atoms with van der Waals surface area (Å²) in [5.41, 5.74) is 1.73. The number of ether oxygens (including phenoxy) is 1. The van der Waals surface area contributed by atoms with Crippen molar-refractivity contribution in [1.82, 2.24) is 10.2 Å². The van der Waals surface area contributed by atoms with E-state index < -0.39 is 0 Å². The van der Waals surface area contributed by atoms with Crippen molar-refractivity contribution in [3.8, 4) is 5.75 Å². The van der Waals surface area contributed by atoms with E-state index in [9.17, 15) is 14.0 Å². The monoisotopic (exact) mass is 358 g/mol. The molecule has 0 saturated carbocycles. The number of rotatable bonds is 8. The van der Waals surface area contributed by atoms with Gasteiger partial charge < -0.3 is 15.0 Å². The van der Waals surface area contributed by atoms with Crippen LogP contribution in [-0.2, 0) is 22.6 Å². The number of hydrogen-bond acceptors (Lipinski definition) is 3. The molecule has 2 aromatic carbocycles. The number of halogens is 1. The summed E-state index contributed by atoms with van der Waals surface area (Å²) >= 11 is 0. The van der Waals surface area contributed by atoms with Gasteiger partial charge in [0.15, 0.2) is 0 Å². The average Bonchev–Trinajstić information content (AvgIpc) is 2.63. The Morgan fingerprint density at radius 2 is 1.65 bits per heavy atom. The van der Waals surface area contributed by atoms with Crippen LogP contribution in [0.15, 0.2) is 48.5 Å². The van der Waals surface area contributed by atoms with Crippen LogP contribution in [0.4, 0.5) is 4.39 Å². The molecule has 0 saturated heterocycles. The summed E-state index contributed by atoms with van der Waals surface area (Å²) in [6.45, 7) is 2.60. The molecule has 0 heterocycles. The maximum Gasteiger partial charge on any atom is 0.224 e. The van der Waals surface area contributed by atoms with Crippen LogP contribution < -0.4 is 10.1 Å².